The van der Waals surface area contributed by atoms with Crippen molar-refractivity contribution in [1.82, 2.24) is 29.1 Å². The SMILES string of the molecule is CC(C)n1cnc2c(NCCc3ccc(O)cc3)nc(-n3cnc4c3C=CCN4)nc21. The maximum Gasteiger partial charge on any atom is 0.239 e. The van der Waals surface area contributed by atoms with Crippen LogP contribution in [0.4, 0.5) is 11.6 Å². The number of hydrogen-bond acceptors (Lipinski definition) is 7. The molecule has 1 aliphatic rings. The maximum atomic E-state index is 9.47. The molecule has 0 bridgehead atoms. The van der Waals surface area contributed by atoms with E-state index in [0.29, 0.717) is 18.3 Å². The van der Waals surface area contributed by atoms with Crippen LogP contribution in [0.3, 0.4) is 0 Å². The van der Waals surface area contributed by atoms with E-state index in [0.717, 1.165) is 41.2 Å². The monoisotopic (exact) mass is 416 g/mol. The summed E-state index contributed by atoms with van der Waals surface area (Å²) < 4.78 is 3.93. The first-order chi connectivity index (χ1) is 15.1. The fourth-order valence-electron chi connectivity index (χ4n) is 3.64. The molecule has 0 aliphatic carbocycles. The van der Waals surface area contributed by atoms with Gasteiger partial charge >= 0.3 is 0 Å². The van der Waals surface area contributed by atoms with E-state index in [4.69, 9.17) is 9.97 Å². The molecule has 3 aromatic heterocycles. The van der Waals surface area contributed by atoms with Crippen molar-refractivity contribution in [3.8, 4) is 11.7 Å². The summed E-state index contributed by atoms with van der Waals surface area (Å²) in [5, 5.41) is 16.2. The molecule has 0 fully saturated rings. The van der Waals surface area contributed by atoms with Gasteiger partial charge in [0.05, 0.1) is 12.0 Å². The number of rotatable bonds is 6. The van der Waals surface area contributed by atoms with E-state index in [9.17, 15) is 5.11 Å². The summed E-state index contributed by atoms with van der Waals surface area (Å²) in [7, 11) is 0. The molecule has 1 aromatic carbocycles. The summed E-state index contributed by atoms with van der Waals surface area (Å²) in [5.74, 6) is 2.33. The minimum atomic E-state index is 0.218. The molecule has 0 saturated heterocycles. The van der Waals surface area contributed by atoms with Crippen molar-refractivity contribution in [2.45, 2.75) is 26.3 Å². The minimum Gasteiger partial charge on any atom is -0.508 e. The topological polar surface area (TPSA) is 106 Å². The summed E-state index contributed by atoms with van der Waals surface area (Å²) in [6.45, 7) is 5.64. The Labute approximate surface area is 179 Å². The van der Waals surface area contributed by atoms with Crippen molar-refractivity contribution in [2.24, 2.45) is 0 Å². The largest absolute Gasteiger partial charge is 0.508 e. The second kappa shape index (κ2) is 7.75. The van der Waals surface area contributed by atoms with Crippen LogP contribution in [0.5, 0.6) is 5.75 Å². The number of phenols is 1. The van der Waals surface area contributed by atoms with Gasteiger partial charge in [-0.1, -0.05) is 18.2 Å². The predicted octanol–water partition coefficient (Wildman–Crippen LogP) is 3.39. The molecule has 31 heavy (non-hydrogen) atoms. The van der Waals surface area contributed by atoms with Crippen molar-refractivity contribution in [2.75, 3.05) is 23.7 Å². The van der Waals surface area contributed by atoms with Gasteiger partial charge in [0.2, 0.25) is 5.95 Å². The number of aromatic nitrogens is 6. The summed E-state index contributed by atoms with van der Waals surface area (Å²) in [5.41, 5.74) is 3.58. The Morgan fingerprint density at radius 3 is 2.77 bits per heavy atom. The van der Waals surface area contributed by atoms with Crippen molar-refractivity contribution >= 4 is 28.9 Å². The van der Waals surface area contributed by atoms with E-state index in [1.165, 1.54) is 0 Å². The highest BCUT2D eigenvalue weighted by Gasteiger charge is 2.19. The normalized spacial score (nSPS) is 12.9. The van der Waals surface area contributed by atoms with Crippen LogP contribution < -0.4 is 10.6 Å². The Kier molecular flexibility index (Phi) is 4.78. The quantitative estimate of drug-likeness (QED) is 0.442. The highest BCUT2D eigenvalue weighted by molar-refractivity contribution is 5.84. The number of nitrogens with one attached hydrogen (secondary N) is 2. The third-order valence-corrected chi connectivity index (χ3v) is 5.29. The molecule has 158 valence electrons. The molecule has 4 aromatic rings. The third kappa shape index (κ3) is 3.58. The molecule has 0 spiro atoms. The van der Waals surface area contributed by atoms with E-state index in [1.54, 1.807) is 18.5 Å². The van der Waals surface area contributed by atoms with E-state index in [-0.39, 0.29) is 11.8 Å². The molecule has 3 N–H and O–H groups in total. The molecule has 1 aliphatic heterocycles. The number of nitrogens with zero attached hydrogens (tertiary/aromatic N) is 6. The number of imidazole rings is 2. The maximum absolute atomic E-state index is 9.47. The van der Waals surface area contributed by atoms with Crippen LogP contribution in [-0.4, -0.2) is 47.3 Å². The first kappa shape index (κ1) is 19.1. The molecule has 0 unspecified atom stereocenters. The molecule has 5 rings (SSSR count). The Morgan fingerprint density at radius 1 is 1.13 bits per heavy atom. The molecular formula is C22H24N8O. The lowest BCUT2D eigenvalue weighted by Gasteiger charge is -2.13. The number of hydrogen-bond donors (Lipinski definition) is 3. The van der Waals surface area contributed by atoms with E-state index >= 15 is 0 Å². The van der Waals surface area contributed by atoms with Crippen LogP contribution in [0, 0.1) is 0 Å². The van der Waals surface area contributed by atoms with Gasteiger partial charge in [-0.05, 0) is 44.0 Å². The van der Waals surface area contributed by atoms with Crippen LogP contribution >= 0.6 is 0 Å². The minimum absolute atomic E-state index is 0.218. The van der Waals surface area contributed by atoms with E-state index < -0.39 is 0 Å². The lowest BCUT2D eigenvalue weighted by Crippen LogP contribution is -2.12. The zero-order chi connectivity index (χ0) is 21.4. The van der Waals surface area contributed by atoms with Gasteiger partial charge in [-0.2, -0.15) is 9.97 Å². The third-order valence-electron chi connectivity index (χ3n) is 5.29. The van der Waals surface area contributed by atoms with Gasteiger partial charge in [0, 0.05) is 19.1 Å². The van der Waals surface area contributed by atoms with Gasteiger partial charge in [-0.3, -0.25) is 4.57 Å². The summed E-state index contributed by atoms with van der Waals surface area (Å²) in [4.78, 5) is 18.7. The molecule has 4 heterocycles. The molecule has 9 heteroatoms. The second-order valence-electron chi connectivity index (χ2n) is 7.76. The summed E-state index contributed by atoms with van der Waals surface area (Å²) >= 11 is 0. The highest BCUT2D eigenvalue weighted by atomic mass is 16.3. The Hall–Kier alpha value is -3.88. The van der Waals surface area contributed by atoms with Gasteiger partial charge in [0.25, 0.3) is 0 Å². The van der Waals surface area contributed by atoms with Gasteiger partial charge in [-0.15, -0.1) is 0 Å². The Morgan fingerprint density at radius 2 is 1.97 bits per heavy atom. The van der Waals surface area contributed by atoms with Crippen LogP contribution in [0.1, 0.15) is 31.1 Å². The predicted molar refractivity (Wildman–Crippen MR) is 121 cm³/mol. The number of anilines is 2. The van der Waals surface area contributed by atoms with Crippen molar-refractivity contribution in [3.05, 3.63) is 54.3 Å². The average molecular weight is 416 g/mol. The van der Waals surface area contributed by atoms with E-state index in [1.807, 2.05) is 39.7 Å². The van der Waals surface area contributed by atoms with Gasteiger partial charge < -0.3 is 20.3 Å². The zero-order valence-electron chi connectivity index (χ0n) is 17.4. The molecule has 0 atom stereocenters. The van der Waals surface area contributed by atoms with Crippen molar-refractivity contribution in [1.29, 1.82) is 0 Å². The smallest absolute Gasteiger partial charge is 0.239 e. The fraction of sp³-hybridized carbons (Fsp3) is 0.273. The van der Waals surface area contributed by atoms with Gasteiger partial charge in [0.15, 0.2) is 22.8 Å². The van der Waals surface area contributed by atoms with Gasteiger partial charge in [0.1, 0.15) is 12.1 Å². The van der Waals surface area contributed by atoms with Crippen LogP contribution in [-0.2, 0) is 6.42 Å². The Balaban J connectivity index is 1.51. The second-order valence-corrected chi connectivity index (χ2v) is 7.76. The average Bonchev–Trinajstić information content (AvgIpc) is 3.39. The molecular weight excluding hydrogens is 392 g/mol. The molecule has 0 saturated carbocycles. The highest BCUT2D eigenvalue weighted by Crippen LogP contribution is 2.26. The lowest BCUT2D eigenvalue weighted by molar-refractivity contribution is 0.475. The van der Waals surface area contributed by atoms with Crippen molar-refractivity contribution < 1.29 is 5.11 Å². The first-order valence-corrected chi connectivity index (χ1v) is 10.3. The molecule has 0 amide bonds. The molecule has 0 radical (unpaired) electrons. The standard InChI is InChI=1S/C22H24N8O/c1-14(2)29-12-25-18-20(24-11-9-15-5-7-16(31)8-6-15)27-22(28-21(18)29)30-13-26-19-17(30)4-3-10-23-19/h3-8,12-14,23,31H,9-11H2,1-2H3,(H,24,27,28). The van der Waals surface area contributed by atoms with Crippen LogP contribution in [0.15, 0.2) is 43.0 Å². The molecule has 9 nitrogen and oxygen atoms in total. The first-order valence-electron chi connectivity index (χ1n) is 10.3. The Bertz CT molecular complexity index is 1250. The lowest BCUT2D eigenvalue weighted by atomic mass is 10.1. The van der Waals surface area contributed by atoms with Crippen LogP contribution in [0.25, 0.3) is 23.2 Å². The van der Waals surface area contributed by atoms with Gasteiger partial charge in [-0.25, -0.2) is 9.97 Å². The zero-order valence-corrected chi connectivity index (χ0v) is 17.4. The van der Waals surface area contributed by atoms with Crippen LogP contribution in [0.2, 0.25) is 0 Å². The number of aromatic hydroxyl groups is 1. The number of benzene rings is 1. The summed E-state index contributed by atoms with van der Waals surface area (Å²) in [6.07, 6.45) is 8.42. The number of fused-ring (bicyclic) bond motifs is 2. The summed E-state index contributed by atoms with van der Waals surface area (Å²) in [6, 6.07) is 7.45. The van der Waals surface area contributed by atoms with E-state index in [2.05, 4.69) is 34.4 Å². The fourth-order valence-corrected chi connectivity index (χ4v) is 3.64. The van der Waals surface area contributed by atoms with Crippen molar-refractivity contribution in [3.63, 3.8) is 0 Å². The number of phenolic OH excluding ortho intramolecular Hbond substituents is 1.